The highest BCUT2D eigenvalue weighted by Crippen LogP contribution is 2.30. The Labute approximate surface area is 88.1 Å². The van der Waals surface area contributed by atoms with Crippen LogP contribution in [0.4, 0.5) is 0 Å². The number of nitrogens with zero attached hydrogens (tertiary/aromatic N) is 1. The summed E-state index contributed by atoms with van der Waals surface area (Å²) in [6, 6.07) is 0.697. The number of nitrogens with one attached hydrogen (secondary N) is 1. The monoisotopic (exact) mass is 196 g/mol. The Hall–Kier alpha value is -0.0800. The maximum absolute atomic E-state index is 3.50. The molecule has 0 spiro atoms. The number of hydrogen-bond acceptors (Lipinski definition) is 2. The van der Waals surface area contributed by atoms with E-state index in [0.717, 1.165) is 11.8 Å². The van der Waals surface area contributed by atoms with Crippen LogP contribution >= 0.6 is 0 Å². The van der Waals surface area contributed by atoms with Crippen molar-refractivity contribution in [2.75, 3.05) is 26.2 Å². The van der Waals surface area contributed by atoms with Crippen LogP contribution < -0.4 is 5.32 Å². The summed E-state index contributed by atoms with van der Waals surface area (Å²) >= 11 is 0. The summed E-state index contributed by atoms with van der Waals surface area (Å²) in [5.74, 6) is 1.98. The van der Waals surface area contributed by atoms with E-state index in [1.165, 1.54) is 45.4 Å². The second-order valence-electron chi connectivity index (χ2n) is 5.40. The third-order valence-electron chi connectivity index (χ3n) is 3.77. The third kappa shape index (κ3) is 2.71. The van der Waals surface area contributed by atoms with Crippen LogP contribution in [-0.4, -0.2) is 37.1 Å². The Morgan fingerprint density at radius 1 is 1.29 bits per heavy atom. The SMILES string of the molecule is CC1CCC(CN2CCNC(C)C2)C1. The molecule has 1 aliphatic carbocycles. The summed E-state index contributed by atoms with van der Waals surface area (Å²) in [5.41, 5.74) is 0. The van der Waals surface area contributed by atoms with Crippen molar-refractivity contribution in [2.24, 2.45) is 11.8 Å². The van der Waals surface area contributed by atoms with E-state index >= 15 is 0 Å². The zero-order chi connectivity index (χ0) is 9.97. The lowest BCUT2D eigenvalue weighted by molar-refractivity contribution is 0.178. The van der Waals surface area contributed by atoms with Crippen molar-refractivity contribution >= 4 is 0 Å². The van der Waals surface area contributed by atoms with E-state index in [-0.39, 0.29) is 0 Å². The molecule has 1 aliphatic heterocycles. The molecule has 1 saturated heterocycles. The maximum Gasteiger partial charge on any atom is 0.0167 e. The van der Waals surface area contributed by atoms with Gasteiger partial charge in [-0.15, -0.1) is 0 Å². The molecule has 82 valence electrons. The van der Waals surface area contributed by atoms with Crippen LogP contribution in [-0.2, 0) is 0 Å². The molecule has 14 heavy (non-hydrogen) atoms. The Bertz CT molecular complexity index is 181. The molecule has 2 heteroatoms. The molecule has 1 saturated carbocycles. The van der Waals surface area contributed by atoms with E-state index in [4.69, 9.17) is 0 Å². The minimum Gasteiger partial charge on any atom is -0.312 e. The van der Waals surface area contributed by atoms with Crippen molar-refractivity contribution in [3.63, 3.8) is 0 Å². The fraction of sp³-hybridized carbons (Fsp3) is 1.00. The van der Waals surface area contributed by atoms with Crippen LogP contribution in [0.2, 0.25) is 0 Å². The molecule has 1 heterocycles. The maximum atomic E-state index is 3.50. The van der Waals surface area contributed by atoms with Crippen LogP contribution in [0.25, 0.3) is 0 Å². The summed E-state index contributed by atoms with van der Waals surface area (Å²) < 4.78 is 0. The lowest BCUT2D eigenvalue weighted by Crippen LogP contribution is -2.50. The average Bonchev–Trinajstić information content (AvgIpc) is 2.51. The minimum atomic E-state index is 0.697. The molecule has 0 aromatic rings. The van der Waals surface area contributed by atoms with Gasteiger partial charge < -0.3 is 10.2 Å². The molecule has 2 aliphatic rings. The van der Waals surface area contributed by atoms with Gasteiger partial charge >= 0.3 is 0 Å². The Balaban J connectivity index is 1.74. The van der Waals surface area contributed by atoms with Crippen molar-refractivity contribution in [1.29, 1.82) is 0 Å². The van der Waals surface area contributed by atoms with Gasteiger partial charge in [0.1, 0.15) is 0 Å². The minimum absolute atomic E-state index is 0.697. The van der Waals surface area contributed by atoms with E-state index in [1.54, 1.807) is 0 Å². The molecule has 0 amide bonds. The molecule has 1 N–H and O–H groups in total. The number of hydrogen-bond donors (Lipinski definition) is 1. The molecule has 0 aromatic carbocycles. The number of piperazine rings is 1. The lowest BCUT2D eigenvalue weighted by atomic mass is 10.0. The van der Waals surface area contributed by atoms with Gasteiger partial charge in [0, 0.05) is 32.2 Å². The highest BCUT2D eigenvalue weighted by atomic mass is 15.2. The largest absolute Gasteiger partial charge is 0.312 e. The normalized spacial score (nSPS) is 40.3. The zero-order valence-electron chi connectivity index (χ0n) is 9.63. The first-order valence-electron chi connectivity index (χ1n) is 6.20. The molecular formula is C12H24N2. The highest BCUT2D eigenvalue weighted by molar-refractivity contribution is 4.80. The fourth-order valence-electron chi connectivity index (χ4n) is 3.03. The van der Waals surface area contributed by atoms with Gasteiger partial charge in [0.05, 0.1) is 0 Å². The van der Waals surface area contributed by atoms with Gasteiger partial charge in [-0.1, -0.05) is 13.3 Å². The lowest BCUT2D eigenvalue weighted by Gasteiger charge is -2.33. The molecule has 0 aromatic heterocycles. The third-order valence-corrected chi connectivity index (χ3v) is 3.77. The second kappa shape index (κ2) is 4.63. The highest BCUT2D eigenvalue weighted by Gasteiger charge is 2.25. The molecule has 0 radical (unpaired) electrons. The van der Waals surface area contributed by atoms with Crippen LogP contribution in [0, 0.1) is 11.8 Å². The van der Waals surface area contributed by atoms with E-state index in [1.807, 2.05) is 0 Å². The predicted molar refractivity (Wildman–Crippen MR) is 60.4 cm³/mol. The van der Waals surface area contributed by atoms with E-state index in [2.05, 4.69) is 24.1 Å². The molecule has 2 nitrogen and oxygen atoms in total. The van der Waals surface area contributed by atoms with Gasteiger partial charge in [-0.25, -0.2) is 0 Å². The quantitative estimate of drug-likeness (QED) is 0.723. The summed E-state index contributed by atoms with van der Waals surface area (Å²) in [6.45, 7) is 9.75. The fourth-order valence-corrected chi connectivity index (χ4v) is 3.03. The average molecular weight is 196 g/mol. The summed E-state index contributed by atoms with van der Waals surface area (Å²) in [4.78, 5) is 2.66. The van der Waals surface area contributed by atoms with Crippen molar-refractivity contribution in [3.8, 4) is 0 Å². The first-order valence-corrected chi connectivity index (χ1v) is 6.20. The van der Waals surface area contributed by atoms with Gasteiger partial charge in [-0.05, 0) is 31.6 Å². The molecule has 2 rings (SSSR count). The standard InChI is InChI=1S/C12H24N2/c1-10-3-4-12(7-10)9-14-6-5-13-11(2)8-14/h10-13H,3-9H2,1-2H3. The van der Waals surface area contributed by atoms with Crippen LogP contribution in [0.3, 0.4) is 0 Å². The van der Waals surface area contributed by atoms with Crippen LogP contribution in [0.5, 0.6) is 0 Å². The molecule has 3 atom stereocenters. The topological polar surface area (TPSA) is 15.3 Å². The first-order chi connectivity index (χ1) is 6.74. The van der Waals surface area contributed by atoms with E-state index in [0.29, 0.717) is 6.04 Å². The van der Waals surface area contributed by atoms with Gasteiger partial charge in [-0.3, -0.25) is 0 Å². The van der Waals surface area contributed by atoms with Gasteiger partial charge in [0.25, 0.3) is 0 Å². The summed E-state index contributed by atoms with van der Waals surface area (Å²) in [6.07, 6.45) is 4.41. The molecule has 0 bridgehead atoms. The summed E-state index contributed by atoms with van der Waals surface area (Å²) in [5, 5.41) is 3.50. The van der Waals surface area contributed by atoms with Gasteiger partial charge in [-0.2, -0.15) is 0 Å². The molecular weight excluding hydrogens is 172 g/mol. The van der Waals surface area contributed by atoms with Crippen molar-refractivity contribution in [2.45, 2.75) is 39.2 Å². The van der Waals surface area contributed by atoms with Crippen molar-refractivity contribution in [3.05, 3.63) is 0 Å². The van der Waals surface area contributed by atoms with E-state index in [9.17, 15) is 0 Å². The van der Waals surface area contributed by atoms with E-state index < -0.39 is 0 Å². The van der Waals surface area contributed by atoms with Crippen LogP contribution in [0.1, 0.15) is 33.1 Å². The smallest absolute Gasteiger partial charge is 0.0167 e. The summed E-state index contributed by atoms with van der Waals surface area (Å²) in [7, 11) is 0. The van der Waals surface area contributed by atoms with Crippen LogP contribution in [0.15, 0.2) is 0 Å². The van der Waals surface area contributed by atoms with Crippen molar-refractivity contribution < 1.29 is 0 Å². The molecule has 2 fully saturated rings. The predicted octanol–water partition coefficient (Wildman–Crippen LogP) is 1.72. The van der Waals surface area contributed by atoms with Crippen molar-refractivity contribution in [1.82, 2.24) is 10.2 Å². The Kier molecular flexibility index (Phi) is 3.45. The first kappa shape index (κ1) is 10.4. The number of rotatable bonds is 2. The zero-order valence-corrected chi connectivity index (χ0v) is 9.63. The van der Waals surface area contributed by atoms with Gasteiger partial charge in [0.2, 0.25) is 0 Å². The second-order valence-corrected chi connectivity index (χ2v) is 5.40. The van der Waals surface area contributed by atoms with Gasteiger partial charge in [0.15, 0.2) is 0 Å². The molecule has 3 unspecified atom stereocenters. The Morgan fingerprint density at radius 2 is 2.14 bits per heavy atom. The Morgan fingerprint density at radius 3 is 2.79 bits per heavy atom.